The number of hydrogen-bond donors (Lipinski definition) is 0. The number of fused-ring (bicyclic) bond motifs is 5. The Morgan fingerprint density at radius 3 is 1.59 bits per heavy atom. The molecule has 2 aromatic heterocycles. The second kappa shape index (κ2) is 11.9. The molecule has 0 atom stereocenters. The minimum absolute atomic E-state index is 0.633. The molecule has 4 heteroatoms. The second-order valence-electron chi connectivity index (χ2n) is 12.8. The molecule has 0 radical (unpaired) electrons. The lowest BCUT2D eigenvalue weighted by Crippen LogP contribution is -2.00. The first-order chi connectivity index (χ1) is 25.3. The van der Waals surface area contributed by atoms with E-state index in [4.69, 9.17) is 19.4 Å². The summed E-state index contributed by atoms with van der Waals surface area (Å²) in [6, 6.07) is 61.0. The van der Waals surface area contributed by atoms with E-state index in [2.05, 4.69) is 103 Å². The summed E-state index contributed by atoms with van der Waals surface area (Å²) in [4.78, 5) is 15.1. The van der Waals surface area contributed by atoms with Crippen LogP contribution in [0.15, 0.2) is 180 Å². The number of para-hydroxylation sites is 1. The molecule has 8 aromatic carbocycles. The van der Waals surface area contributed by atoms with Crippen LogP contribution in [0.4, 0.5) is 0 Å². The molecule has 2 heterocycles. The Labute approximate surface area is 294 Å². The van der Waals surface area contributed by atoms with E-state index in [0.29, 0.717) is 17.5 Å². The fourth-order valence-corrected chi connectivity index (χ4v) is 7.36. The molecule has 0 unspecified atom stereocenters. The van der Waals surface area contributed by atoms with Crippen LogP contribution in [0, 0.1) is 0 Å². The van der Waals surface area contributed by atoms with E-state index in [9.17, 15) is 0 Å². The Hall–Kier alpha value is -6.91. The quantitative estimate of drug-likeness (QED) is 0.186. The van der Waals surface area contributed by atoms with Gasteiger partial charge in [0.25, 0.3) is 0 Å². The van der Waals surface area contributed by atoms with Crippen molar-refractivity contribution in [3.63, 3.8) is 0 Å². The highest BCUT2D eigenvalue weighted by molar-refractivity contribution is 6.18. The largest absolute Gasteiger partial charge is 0.456 e. The topological polar surface area (TPSA) is 51.8 Å². The van der Waals surface area contributed by atoms with Gasteiger partial charge < -0.3 is 4.42 Å². The fraction of sp³-hybridized carbons (Fsp3) is 0. The lowest BCUT2D eigenvalue weighted by molar-refractivity contribution is 0.669. The van der Waals surface area contributed by atoms with Crippen molar-refractivity contribution < 1.29 is 4.42 Å². The molecular weight excluding hydrogens is 623 g/mol. The van der Waals surface area contributed by atoms with Gasteiger partial charge in [-0.05, 0) is 68.1 Å². The van der Waals surface area contributed by atoms with Gasteiger partial charge in [-0.25, -0.2) is 15.0 Å². The molecule has 0 saturated carbocycles. The van der Waals surface area contributed by atoms with Gasteiger partial charge in [0.2, 0.25) is 0 Å². The third-order valence-corrected chi connectivity index (χ3v) is 9.73. The van der Waals surface area contributed by atoms with Gasteiger partial charge in [0.1, 0.15) is 11.2 Å². The van der Waals surface area contributed by atoms with Gasteiger partial charge in [-0.15, -0.1) is 0 Å². The molecule has 0 spiro atoms. The van der Waals surface area contributed by atoms with Crippen molar-refractivity contribution in [1.29, 1.82) is 0 Å². The molecule has 0 amide bonds. The number of furan rings is 1. The molecule has 4 nitrogen and oxygen atoms in total. The monoisotopic (exact) mass is 651 g/mol. The summed E-state index contributed by atoms with van der Waals surface area (Å²) in [5.74, 6) is 1.91. The minimum Gasteiger partial charge on any atom is -0.456 e. The Morgan fingerprint density at radius 1 is 0.314 bits per heavy atom. The molecule has 0 saturated heterocycles. The van der Waals surface area contributed by atoms with Crippen molar-refractivity contribution >= 4 is 43.5 Å². The molecule has 0 aliphatic carbocycles. The fourth-order valence-electron chi connectivity index (χ4n) is 7.36. The smallest absolute Gasteiger partial charge is 0.164 e. The highest BCUT2D eigenvalue weighted by Crippen LogP contribution is 2.44. The molecule has 51 heavy (non-hydrogen) atoms. The average molecular weight is 652 g/mol. The SMILES string of the molecule is c1ccc(-c2nc(-c3ccccc3)nc(-c3ccc(-c4cc(-c5cccc6ccccc56)cc5oc6ccccc6c45)c4ccccc34)n2)cc1. The first kappa shape index (κ1) is 29.0. The first-order valence-corrected chi connectivity index (χ1v) is 17.1. The number of nitrogens with zero attached hydrogens (tertiary/aromatic N) is 3. The van der Waals surface area contributed by atoms with E-state index in [1.165, 1.54) is 16.3 Å². The van der Waals surface area contributed by atoms with Crippen molar-refractivity contribution in [3.8, 4) is 56.4 Å². The zero-order valence-electron chi connectivity index (χ0n) is 27.5. The Morgan fingerprint density at radius 2 is 0.863 bits per heavy atom. The predicted molar refractivity (Wildman–Crippen MR) is 209 cm³/mol. The third-order valence-electron chi connectivity index (χ3n) is 9.73. The highest BCUT2D eigenvalue weighted by atomic mass is 16.3. The third kappa shape index (κ3) is 4.96. The Kier molecular flexibility index (Phi) is 6.78. The van der Waals surface area contributed by atoms with Crippen molar-refractivity contribution in [1.82, 2.24) is 15.0 Å². The normalized spacial score (nSPS) is 11.5. The van der Waals surface area contributed by atoms with Gasteiger partial charge in [-0.2, -0.15) is 0 Å². The van der Waals surface area contributed by atoms with Crippen molar-refractivity contribution in [2.24, 2.45) is 0 Å². The van der Waals surface area contributed by atoms with E-state index in [-0.39, 0.29) is 0 Å². The average Bonchev–Trinajstić information content (AvgIpc) is 3.59. The van der Waals surface area contributed by atoms with Crippen LogP contribution >= 0.6 is 0 Å². The zero-order chi connectivity index (χ0) is 33.7. The van der Waals surface area contributed by atoms with Crippen LogP contribution in [0.25, 0.3) is 99.9 Å². The second-order valence-corrected chi connectivity index (χ2v) is 12.8. The van der Waals surface area contributed by atoms with Crippen LogP contribution in [-0.4, -0.2) is 15.0 Å². The van der Waals surface area contributed by atoms with Gasteiger partial charge in [-0.3, -0.25) is 0 Å². The first-order valence-electron chi connectivity index (χ1n) is 17.1. The maximum Gasteiger partial charge on any atom is 0.164 e. The summed E-state index contributed by atoms with van der Waals surface area (Å²) in [6.45, 7) is 0. The maximum absolute atomic E-state index is 6.58. The molecule has 0 fully saturated rings. The van der Waals surface area contributed by atoms with Gasteiger partial charge in [0, 0.05) is 27.5 Å². The van der Waals surface area contributed by atoms with Crippen LogP contribution in [0.1, 0.15) is 0 Å². The number of rotatable bonds is 5. The maximum atomic E-state index is 6.58. The predicted octanol–water partition coefficient (Wildman–Crippen LogP) is 12.4. The molecule has 10 aromatic rings. The molecule has 0 N–H and O–H groups in total. The van der Waals surface area contributed by atoms with Crippen molar-refractivity contribution in [3.05, 3.63) is 176 Å². The van der Waals surface area contributed by atoms with Gasteiger partial charge in [0.05, 0.1) is 0 Å². The van der Waals surface area contributed by atoms with E-state index >= 15 is 0 Å². The van der Waals surface area contributed by atoms with Crippen LogP contribution in [0.2, 0.25) is 0 Å². The Balaban J connectivity index is 1.23. The van der Waals surface area contributed by atoms with Crippen LogP contribution in [0.3, 0.4) is 0 Å². The number of benzene rings is 8. The summed E-state index contributed by atoms with van der Waals surface area (Å²) in [7, 11) is 0. The standard InChI is InChI=1S/C47H29N3O/c1-3-15-31(16-4-1)45-48-46(32-17-5-2-6-18-32)50-47(49-45)39-27-26-38(36-21-9-10-22-37(36)39)41-28-33(35-24-13-19-30-14-7-8-20-34(30)35)29-43-44(41)40-23-11-12-25-42(40)51-43/h1-29H. The van der Waals surface area contributed by atoms with Crippen LogP contribution in [-0.2, 0) is 0 Å². The summed E-state index contributed by atoms with van der Waals surface area (Å²) >= 11 is 0. The zero-order valence-corrected chi connectivity index (χ0v) is 27.5. The molecule has 0 aliphatic heterocycles. The molecule has 0 bridgehead atoms. The van der Waals surface area contributed by atoms with Gasteiger partial charge >= 0.3 is 0 Å². The van der Waals surface area contributed by atoms with E-state index < -0.39 is 0 Å². The van der Waals surface area contributed by atoms with Crippen molar-refractivity contribution in [2.75, 3.05) is 0 Å². The molecule has 238 valence electrons. The van der Waals surface area contributed by atoms with E-state index in [1.54, 1.807) is 0 Å². The molecular formula is C47H29N3O. The van der Waals surface area contributed by atoms with E-state index in [0.717, 1.165) is 66.1 Å². The highest BCUT2D eigenvalue weighted by Gasteiger charge is 2.20. The molecule has 0 aliphatic rings. The lowest BCUT2D eigenvalue weighted by Gasteiger charge is -2.15. The summed E-state index contributed by atoms with van der Waals surface area (Å²) in [5.41, 5.74) is 9.09. The Bertz CT molecular complexity index is 2850. The van der Waals surface area contributed by atoms with Crippen molar-refractivity contribution in [2.45, 2.75) is 0 Å². The summed E-state index contributed by atoms with van der Waals surface area (Å²) in [6.07, 6.45) is 0. The van der Waals surface area contributed by atoms with Gasteiger partial charge in [-0.1, -0.05) is 152 Å². The van der Waals surface area contributed by atoms with Crippen LogP contribution in [0.5, 0.6) is 0 Å². The van der Waals surface area contributed by atoms with E-state index in [1.807, 2.05) is 72.8 Å². The van der Waals surface area contributed by atoms with Crippen LogP contribution < -0.4 is 0 Å². The van der Waals surface area contributed by atoms with Gasteiger partial charge in [0.15, 0.2) is 17.5 Å². The summed E-state index contributed by atoms with van der Waals surface area (Å²) in [5, 5.41) is 6.79. The minimum atomic E-state index is 0.633. The number of hydrogen-bond acceptors (Lipinski definition) is 4. The lowest BCUT2D eigenvalue weighted by atomic mass is 9.89. The summed E-state index contributed by atoms with van der Waals surface area (Å²) < 4.78 is 6.58. The molecule has 10 rings (SSSR count). The number of aromatic nitrogens is 3.